The van der Waals surface area contributed by atoms with Crippen LogP contribution in [0.25, 0.3) is 0 Å². The van der Waals surface area contributed by atoms with Crippen molar-refractivity contribution in [2.45, 2.75) is 13.3 Å². The van der Waals surface area contributed by atoms with Gasteiger partial charge in [0, 0.05) is 24.7 Å². The molecule has 28 heavy (non-hydrogen) atoms. The van der Waals surface area contributed by atoms with Gasteiger partial charge in [0.1, 0.15) is 0 Å². The lowest BCUT2D eigenvalue weighted by molar-refractivity contribution is 0.0954. The molecule has 0 fully saturated rings. The summed E-state index contributed by atoms with van der Waals surface area (Å²) in [5.41, 5.74) is 1.15. The molecule has 0 unspecified atom stereocenters. The molecular formula is C21H27N3O4. The molecule has 0 aliphatic rings. The number of hydrogen-bond acceptors (Lipinski definition) is 5. The molecule has 2 amide bonds. The predicted molar refractivity (Wildman–Crippen MR) is 109 cm³/mol. The van der Waals surface area contributed by atoms with E-state index in [0.29, 0.717) is 41.4 Å². The Labute approximate surface area is 165 Å². The first-order valence-corrected chi connectivity index (χ1v) is 9.22. The fourth-order valence-electron chi connectivity index (χ4n) is 2.62. The normalized spacial score (nSPS) is 10.2. The standard InChI is InChI=1S/C21H27N3O4/c1-4-10-22-11-12-23-21(26)16-13-18(27-2)19(28-3)14-17(16)24-20(25)15-8-6-5-7-9-15/h5-9,13-14,22H,4,10-12H2,1-3H3,(H,23,26)(H,24,25). The number of methoxy groups -OCH3 is 2. The van der Waals surface area contributed by atoms with Crippen molar-refractivity contribution < 1.29 is 19.1 Å². The minimum absolute atomic E-state index is 0.303. The lowest BCUT2D eigenvalue weighted by atomic mass is 10.1. The lowest BCUT2D eigenvalue weighted by Gasteiger charge is -2.16. The quantitative estimate of drug-likeness (QED) is 0.547. The van der Waals surface area contributed by atoms with Crippen LogP contribution in [0.1, 0.15) is 34.1 Å². The van der Waals surface area contributed by atoms with Crippen molar-refractivity contribution in [2.75, 3.05) is 39.2 Å². The molecule has 0 heterocycles. The SMILES string of the molecule is CCCNCCNC(=O)c1cc(OC)c(OC)cc1NC(=O)c1ccccc1. The van der Waals surface area contributed by atoms with Gasteiger partial charge in [-0.2, -0.15) is 0 Å². The third kappa shape index (κ3) is 5.72. The number of carbonyl (C=O) groups is 2. The van der Waals surface area contributed by atoms with Crippen molar-refractivity contribution in [1.29, 1.82) is 0 Å². The fraction of sp³-hybridized carbons (Fsp3) is 0.333. The third-order valence-corrected chi connectivity index (χ3v) is 4.07. The van der Waals surface area contributed by atoms with Gasteiger partial charge in [-0.25, -0.2) is 0 Å². The summed E-state index contributed by atoms with van der Waals surface area (Å²) >= 11 is 0. The molecule has 0 saturated carbocycles. The monoisotopic (exact) mass is 385 g/mol. The largest absolute Gasteiger partial charge is 0.493 e. The van der Waals surface area contributed by atoms with E-state index in [0.717, 1.165) is 13.0 Å². The first kappa shape index (κ1) is 21.2. The van der Waals surface area contributed by atoms with Gasteiger partial charge in [0.25, 0.3) is 11.8 Å². The zero-order chi connectivity index (χ0) is 20.4. The number of hydrogen-bond donors (Lipinski definition) is 3. The summed E-state index contributed by atoms with van der Waals surface area (Å²) in [6, 6.07) is 11.9. The van der Waals surface area contributed by atoms with E-state index in [-0.39, 0.29) is 11.8 Å². The molecule has 0 bridgehead atoms. The van der Waals surface area contributed by atoms with Gasteiger partial charge in [0.05, 0.1) is 25.5 Å². The smallest absolute Gasteiger partial charge is 0.255 e. The summed E-state index contributed by atoms with van der Waals surface area (Å²) in [5, 5.41) is 8.87. The Bertz CT molecular complexity index is 794. The number of ether oxygens (including phenoxy) is 2. The van der Waals surface area contributed by atoms with E-state index in [9.17, 15) is 9.59 Å². The van der Waals surface area contributed by atoms with Crippen LogP contribution in [0.4, 0.5) is 5.69 Å². The minimum atomic E-state index is -0.313. The Hall–Kier alpha value is -3.06. The molecule has 0 radical (unpaired) electrons. The molecule has 150 valence electrons. The Kier molecular flexibility index (Phi) is 8.30. The predicted octanol–water partition coefficient (Wildman–Crippen LogP) is 2.69. The molecule has 7 heteroatoms. The Morgan fingerprint density at radius 1 is 0.893 bits per heavy atom. The van der Waals surface area contributed by atoms with Crippen LogP contribution in [0.5, 0.6) is 11.5 Å². The van der Waals surface area contributed by atoms with E-state index in [1.54, 1.807) is 36.4 Å². The number of nitrogens with one attached hydrogen (secondary N) is 3. The molecule has 0 aromatic heterocycles. The van der Waals surface area contributed by atoms with Crippen molar-refractivity contribution >= 4 is 17.5 Å². The summed E-state index contributed by atoms with van der Waals surface area (Å²) in [6.07, 6.45) is 1.03. The molecule has 2 rings (SSSR count). The van der Waals surface area contributed by atoms with E-state index in [2.05, 4.69) is 22.9 Å². The van der Waals surface area contributed by atoms with Crippen LogP contribution < -0.4 is 25.4 Å². The summed E-state index contributed by atoms with van der Waals surface area (Å²) < 4.78 is 10.6. The number of amides is 2. The third-order valence-electron chi connectivity index (χ3n) is 4.07. The molecule has 0 aliphatic heterocycles. The van der Waals surface area contributed by atoms with E-state index in [4.69, 9.17) is 9.47 Å². The summed E-state index contributed by atoms with van der Waals surface area (Å²) in [7, 11) is 3.00. The van der Waals surface area contributed by atoms with Gasteiger partial charge in [0.2, 0.25) is 0 Å². The van der Waals surface area contributed by atoms with Crippen LogP contribution in [0, 0.1) is 0 Å². The van der Waals surface area contributed by atoms with Crippen LogP contribution in [0.15, 0.2) is 42.5 Å². The highest BCUT2D eigenvalue weighted by Crippen LogP contribution is 2.33. The molecule has 0 saturated heterocycles. The summed E-state index contributed by atoms with van der Waals surface area (Å²) in [4.78, 5) is 25.2. The second kappa shape index (κ2) is 10.9. The van der Waals surface area contributed by atoms with E-state index in [1.165, 1.54) is 14.2 Å². The second-order valence-electron chi connectivity index (χ2n) is 6.08. The molecule has 7 nitrogen and oxygen atoms in total. The first-order chi connectivity index (χ1) is 13.6. The van der Waals surface area contributed by atoms with Crippen LogP contribution in [0.2, 0.25) is 0 Å². The number of anilines is 1. The zero-order valence-electron chi connectivity index (χ0n) is 16.5. The van der Waals surface area contributed by atoms with Gasteiger partial charge in [-0.3, -0.25) is 9.59 Å². The Balaban J connectivity index is 2.23. The zero-order valence-corrected chi connectivity index (χ0v) is 16.5. The number of benzene rings is 2. The summed E-state index contributed by atoms with van der Waals surface area (Å²) in [5.74, 6) is 0.218. The van der Waals surface area contributed by atoms with Gasteiger partial charge in [-0.05, 0) is 31.2 Å². The number of carbonyl (C=O) groups excluding carboxylic acids is 2. The average Bonchev–Trinajstić information content (AvgIpc) is 2.73. The Morgan fingerprint density at radius 3 is 2.21 bits per heavy atom. The highest BCUT2D eigenvalue weighted by atomic mass is 16.5. The van der Waals surface area contributed by atoms with E-state index < -0.39 is 0 Å². The maximum absolute atomic E-state index is 12.7. The average molecular weight is 385 g/mol. The van der Waals surface area contributed by atoms with Crippen molar-refractivity contribution in [2.24, 2.45) is 0 Å². The molecule has 0 spiro atoms. The van der Waals surface area contributed by atoms with Crippen molar-refractivity contribution in [3.8, 4) is 11.5 Å². The summed E-state index contributed by atoms with van der Waals surface area (Å²) in [6.45, 7) is 4.11. The maximum atomic E-state index is 12.7. The lowest BCUT2D eigenvalue weighted by Crippen LogP contribution is -2.32. The topological polar surface area (TPSA) is 88.7 Å². The first-order valence-electron chi connectivity index (χ1n) is 9.22. The minimum Gasteiger partial charge on any atom is -0.493 e. The van der Waals surface area contributed by atoms with Crippen molar-refractivity contribution in [3.63, 3.8) is 0 Å². The fourth-order valence-corrected chi connectivity index (χ4v) is 2.62. The van der Waals surface area contributed by atoms with Crippen molar-refractivity contribution in [3.05, 3.63) is 53.6 Å². The molecule has 2 aromatic rings. The molecule has 3 N–H and O–H groups in total. The van der Waals surface area contributed by atoms with Gasteiger partial charge in [-0.15, -0.1) is 0 Å². The van der Waals surface area contributed by atoms with Gasteiger partial charge in [-0.1, -0.05) is 25.1 Å². The van der Waals surface area contributed by atoms with Crippen LogP contribution in [-0.4, -0.2) is 45.7 Å². The van der Waals surface area contributed by atoms with E-state index >= 15 is 0 Å². The van der Waals surface area contributed by atoms with E-state index in [1.807, 2.05) is 6.07 Å². The number of rotatable bonds is 10. The Morgan fingerprint density at radius 2 is 1.57 bits per heavy atom. The molecular weight excluding hydrogens is 358 g/mol. The van der Waals surface area contributed by atoms with Crippen LogP contribution in [-0.2, 0) is 0 Å². The maximum Gasteiger partial charge on any atom is 0.255 e. The van der Waals surface area contributed by atoms with Crippen molar-refractivity contribution in [1.82, 2.24) is 10.6 Å². The van der Waals surface area contributed by atoms with Gasteiger partial charge >= 0.3 is 0 Å². The van der Waals surface area contributed by atoms with Crippen LogP contribution >= 0.6 is 0 Å². The highest BCUT2D eigenvalue weighted by Gasteiger charge is 2.19. The van der Waals surface area contributed by atoms with Gasteiger partial charge in [0.15, 0.2) is 11.5 Å². The highest BCUT2D eigenvalue weighted by molar-refractivity contribution is 6.09. The second-order valence-corrected chi connectivity index (χ2v) is 6.08. The molecule has 2 aromatic carbocycles. The van der Waals surface area contributed by atoms with Gasteiger partial charge < -0.3 is 25.4 Å². The molecule has 0 aliphatic carbocycles. The molecule has 0 atom stereocenters. The van der Waals surface area contributed by atoms with Crippen LogP contribution in [0.3, 0.4) is 0 Å².